The van der Waals surface area contributed by atoms with E-state index >= 15 is 0 Å². The van der Waals surface area contributed by atoms with Gasteiger partial charge in [-0.2, -0.15) is 0 Å². The molecule has 0 bridgehead atoms. The molecule has 1 aromatic heterocycles. The molecule has 6 heteroatoms. The summed E-state index contributed by atoms with van der Waals surface area (Å²) in [5, 5.41) is 3.42. The Morgan fingerprint density at radius 2 is 2.14 bits per heavy atom. The Morgan fingerprint density at radius 1 is 1.32 bits per heavy atom. The summed E-state index contributed by atoms with van der Waals surface area (Å²) in [6.07, 6.45) is 0.462. The van der Waals surface area contributed by atoms with Crippen LogP contribution in [0.4, 0.5) is 4.79 Å². The van der Waals surface area contributed by atoms with E-state index in [2.05, 4.69) is 10.3 Å². The van der Waals surface area contributed by atoms with Gasteiger partial charge in [0, 0.05) is 11.6 Å². The van der Waals surface area contributed by atoms with Crippen LogP contribution >= 0.6 is 0 Å². The highest BCUT2D eigenvalue weighted by Crippen LogP contribution is 2.12. The molecule has 1 amide bonds. The van der Waals surface area contributed by atoms with E-state index in [1.54, 1.807) is 18.2 Å². The Labute approximate surface area is 128 Å². The van der Waals surface area contributed by atoms with Gasteiger partial charge in [0.2, 0.25) is 5.56 Å². The van der Waals surface area contributed by atoms with Gasteiger partial charge < -0.3 is 14.5 Å². The van der Waals surface area contributed by atoms with Crippen molar-refractivity contribution in [3.05, 3.63) is 46.2 Å². The fourth-order valence-electron chi connectivity index (χ4n) is 1.85. The number of H-pyrrole nitrogens is 1. The third-order valence-corrected chi connectivity index (χ3v) is 3.32. The zero-order valence-corrected chi connectivity index (χ0v) is 12.7. The molecule has 2 aromatic rings. The van der Waals surface area contributed by atoms with Gasteiger partial charge in [0.15, 0.2) is 0 Å². The first-order valence-corrected chi connectivity index (χ1v) is 7.22. The van der Waals surface area contributed by atoms with Crippen LogP contribution < -0.4 is 10.9 Å². The lowest BCUT2D eigenvalue weighted by Crippen LogP contribution is -2.28. The summed E-state index contributed by atoms with van der Waals surface area (Å²) in [5.41, 5.74) is 1.46. The van der Waals surface area contributed by atoms with E-state index < -0.39 is 6.09 Å². The van der Waals surface area contributed by atoms with Crippen molar-refractivity contribution in [1.82, 2.24) is 10.3 Å². The molecule has 0 aliphatic carbocycles. The molecule has 0 saturated carbocycles. The molecule has 0 radical (unpaired) electrons. The van der Waals surface area contributed by atoms with E-state index in [0.717, 1.165) is 22.9 Å². The quantitative estimate of drug-likeness (QED) is 0.804. The predicted octanol–water partition coefficient (Wildman–Crippen LogP) is 2.53. The maximum absolute atomic E-state index is 11.5. The van der Waals surface area contributed by atoms with E-state index in [1.165, 1.54) is 6.07 Å². The summed E-state index contributed by atoms with van der Waals surface area (Å²) in [5.74, 6) is 0. The minimum Gasteiger partial charge on any atom is -0.445 e. The van der Waals surface area contributed by atoms with Crippen molar-refractivity contribution in [3.8, 4) is 0 Å². The van der Waals surface area contributed by atoms with Gasteiger partial charge in [0.1, 0.15) is 13.3 Å². The fraction of sp³-hybridized carbons (Fsp3) is 0.375. The molecule has 1 atom stereocenters. The summed E-state index contributed by atoms with van der Waals surface area (Å²) in [6, 6.07) is 8.67. The average Bonchev–Trinajstić information content (AvgIpc) is 2.52. The number of rotatable bonds is 6. The molecular weight excluding hydrogens is 284 g/mol. The third kappa shape index (κ3) is 4.60. The van der Waals surface area contributed by atoms with Gasteiger partial charge >= 0.3 is 6.09 Å². The molecule has 0 saturated heterocycles. The van der Waals surface area contributed by atoms with E-state index in [9.17, 15) is 9.59 Å². The van der Waals surface area contributed by atoms with Gasteiger partial charge in [-0.15, -0.1) is 0 Å². The number of carbonyl (C=O) groups is 1. The monoisotopic (exact) mass is 304 g/mol. The third-order valence-electron chi connectivity index (χ3n) is 3.32. The first-order valence-electron chi connectivity index (χ1n) is 7.22. The van der Waals surface area contributed by atoms with Gasteiger partial charge in [-0.25, -0.2) is 4.79 Å². The van der Waals surface area contributed by atoms with Crippen LogP contribution in [0.2, 0.25) is 0 Å². The number of pyridine rings is 1. The van der Waals surface area contributed by atoms with Crippen molar-refractivity contribution in [2.24, 2.45) is 0 Å². The highest BCUT2D eigenvalue weighted by atomic mass is 16.6. The van der Waals surface area contributed by atoms with E-state index in [-0.39, 0.29) is 25.0 Å². The number of ether oxygens (including phenoxy) is 2. The molecule has 1 aromatic carbocycles. The van der Waals surface area contributed by atoms with Crippen LogP contribution in [-0.4, -0.2) is 23.9 Å². The molecule has 1 heterocycles. The molecule has 6 nitrogen and oxygen atoms in total. The molecule has 2 N–H and O–H groups in total. The largest absolute Gasteiger partial charge is 0.445 e. The maximum atomic E-state index is 11.5. The van der Waals surface area contributed by atoms with Crippen molar-refractivity contribution in [1.29, 1.82) is 0 Å². The van der Waals surface area contributed by atoms with Gasteiger partial charge in [0.05, 0.1) is 6.10 Å². The van der Waals surface area contributed by atoms with Crippen molar-refractivity contribution in [3.63, 3.8) is 0 Å². The Bertz CT molecular complexity index is 696. The Morgan fingerprint density at radius 3 is 2.91 bits per heavy atom. The number of hydrogen-bond acceptors (Lipinski definition) is 4. The molecule has 0 fully saturated rings. The average molecular weight is 304 g/mol. The standard InChI is InChI=1S/C16H20N2O4/c1-3-11(2)22-10-17-16(20)21-9-12-4-6-14-13(8-12)5-7-15(19)18-14/h4-8,11H,3,9-10H2,1-2H3,(H,17,20)(H,18,19). The lowest BCUT2D eigenvalue weighted by Gasteiger charge is -2.11. The summed E-state index contributed by atoms with van der Waals surface area (Å²) < 4.78 is 10.5. The number of hydrogen-bond donors (Lipinski definition) is 2. The molecule has 0 aliphatic rings. The lowest BCUT2D eigenvalue weighted by atomic mass is 10.1. The predicted molar refractivity (Wildman–Crippen MR) is 83.6 cm³/mol. The molecule has 1 unspecified atom stereocenters. The van der Waals surface area contributed by atoms with Crippen LogP contribution in [0.15, 0.2) is 35.1 Å². The second kappa shape index (κ2) is 7.61. The summed E-state index contributed by atoms with van der Waals surface area (Å²) in [4.78, 5) is 25.5. The number of benzene rings is 1. The number of aromatic nitrogens is 1. The Hall–Kier alpha value is -2.34. The van der Waals surface area contributed by atoms with Gasteiger partial charge in [-0.3, -0.25) is 10.1 Å². The molecule has 118 valence electrons. The maximum Gasteiger partial charge on any atom is 0.409 e. The molecule has 22 heavy (non-hydrogen) atoms. The fourth-order valence-corrected chi connectivity index (χ4v) is 1.85. The summed E-state index contributed by atoms with van der Waals surface area (Å²) >= 11 is 0. The highest BCUT2D eigenvalue weighted by Gasteiger charge is 2.04. The van der Waals surface area contributed by atoms with Crippen molar-refractivity contribution < 1.29 is 14.3 Å². The first-order chi connectivity index (χ1) is 10.6. The van der Waals surface area contributed by atoms with Gasteiger partial charge in [-0.05, 0) is 42.5 Å². The zero-order chi connectivity index (χ0) is 15.9. The van der Waals surface area contributed by atoms with E-state index in [1.807, 2.05) is 19.9 Å². The minimum atomic E-state index is -0.523. The van der Waals surface area contributed by atoms with Crippen LogP contribution in [0.5, 0.6) is 0 Å². The highest BCUT2D eigenvalue weighted by molar-refractivity contribution is 5.78. The van der Waals surface area contributed by atoms with Crippen molar-refractivity contribution >= 4 is 17.0 Å². The van der Waals surface area contributed by atoms with Gasteiger partial charge in [0.25, 0.3) is 0 Å². The second-order valence-electron chi connectivity index (χ2n) is 5.03. The lowest BCUT2D eigenvalue weighted by molar-refractivity contribution is 0.0450. The molecule has 0 aliphatic heterocycles. The Kier molecular flexibility index (Phi) is 5.55. The number of alkyl carbamates (subject to hydrolysis) is 1. The molecule has 0 spiro atoms. The summed E-state index contributed by atoms with van der Waals surface area (Å²) in [6.45, 7) is 4.24. The zero-order valence-electron chi connectivity index (χ0n) is 12.7. The van der Waals surface area contributed by atoms with E-state index in [0.29, 0.717) is 0 Å². The van der Waals surface area contributed by atoms with Crippen molar-refractivity contribution in [2.45, 2.75) is 33.0 Å². The van der Waals surface area contributed by atoms with Crippen LogP contribution in [-0.2, 0) is 16.1 Å². The number of nitrogens with one attached hydrogen (secondary N) is 2. The molecular formula is C16H20N2O4. The first kappa shape index (κ1) is 16.0. The number of carbonyl (C=O) groups excluding carboxylic acids is 1. The number of fused-ring (bicyclic) bond motifs is 1. The van der Waals surface area contributed by atoms with Crippen LogP contribution in [0.1, 0.15) is 25.8 Å². The summed E-state index contributed by atoms with van der Waals surface area (Å²) in [7, 11) is 0. The van der Waals surface area contributed by atoms with Gasteiger partial charge in [-0.1, -0.05) is 13.0 Å². The number of amides is 1. The smallest absolute Gasteiger partial charge is 0.409 e. The van der Waals surface area contributed by atoms with Crippen LogP contribution in [0.25, 0.3) is 10.9 Å². The molecule has 2 rings (SSSR count). The topological polar surface area (TPSA) is 80.4 Å². The minimum absolute atomic E-state index is 0.0999. The normalized spacial score (nSPS) is 12.1. The van der Waals surface area contributed by atoms with Crippen LogP contribution in [0.3, 0.4) is 0 Å². The Balaban J connectivity index is 1.85. The van der Waals surface area contributed by atoms with E-state index in [4.69, 9.17) is 9.47 Å². The van der Waals surface area contributed by atoms with Crippen LogP contribution in [0, 0.1) is 0 Å². The number of aromatic amines is 1. The SMILES string of the molecule is CCC(C)OCNC(=O)OCc1ccc2[nH]c(=O)ccc2c1. The van der Waals surface area contributed by atoms with Crippen molar-refractivity contribution in [2.75, 3.05) is 6.73 Å². The second-order valence-corrected chi connectivity index (χ2v) is 5.03.